The first kappa shape index (κ1) is 16.3. The molecule has 1 amide bonds. The van der Waals surface area contributed by atoms with E-state index in [2.05, 4.69) is 12.2 Å². The van der Waals surface area contributed by atoms with E-state index < -0.39 is 11.9 Å². The summed E-state index contributed by atoms with van der Waals surface area (Å²) in [5.74, 6) is 0.442. The van der Waals surface area contributed by atoms with Crippen LogP contribution >= 0.6 is 0 Å². The molecule has 0 saturated heterocycles. The molecule has 5 heteroatoms. The molecule has 0 aliphatic carbocycles. The molecular weight excluding hydrogens is 256 g/mol. The van der Waals surface area contributed by atoms with Crippen molar-refractivity contribution in [2.24, 2.45) is 0 Å². The number of carbonyl (C=O) groups is 1. The van der Waals surface area contributed by atoms with Crippen molar-refractivity contribution in [1.29, 1.82) is 0 Å². The summed E-state index contributed by atoms with van der Waals surface area (Å²) in [5.41, 5.74) is 4.59. The third kappa shape index (κ3) is 4.13. The maximum absolute atomic E-state index is 11.7. The molecule has 0 bridgehead atoms. The first-order chi connectivity index (χ1) is 9.53. The van der Waals surface area contributed by atoms with Crippen LogP contribution in [-0.2, 0) is 4.79 Å². The summed E-state index contributed by atoms with van der Waals surface area (Å²) in [5, 5.41) is 12.0. The van der Waals surface area contributed by atoms with Gasteiger partial charge in [-0.3, -0.25) is 10.0 Å². The number of rotatable bonds is 7. The number of unbranched alkanes of at least 4 members (excludes halogenated alkanes) is 1. The normalized spacial score (nSPS) is 11.8. The van der Waals surface area contributed by atoms with Gasteiger partial charge in [0, 0.05) is 5.69 Å². The molecule has 3 N–H and O–H groups in total. The van der Waals surface area contributed by atoms with Gasteiger partial charge in [-0.25, -0.2) is 5.48 Å². The maximum atomic E-state index is 11.7. The number of benzene rings is 1. The van der Waals surface area contributed by atoms with Gasteiger partial charge in [0.2, 0.25) is 0 Å². The number of carbonyl (C=O) groups excluding carboxylic acids is 1. The van der Waals surface area contributed by atoms with E-state index in [1.807, 2.05) is 26.0 Å². The number of hydrogen-bond donors (Lipinski definition) is 3. The lowest BCUT2D eigenvalue weighted by Crippen LogP contribution is -2.38. The minimum Gasteiger partial charge on any atom is -0.496 e. The van der Waals surface area contributed by atoms with Crippen LogP contribution < -0.4 is 15.5 Å². The predicted octanol–water partition coefficient (Wildman–Crippen LogP) is 2.79. The SMILES string of the molecule is CCCCC(Nc1cc(C)c(OC)c(C)c1)C(=O)NO. The highest BCUT2D eigenvalue weighted by molar-refractivity contribution is 5.83. The molecule has 1 unspecified atom stereocenters. The van der Waals surface area contributed by atoms with Crippen molar-refractivity contribution in [3.8, 4) is 5.75 Å². The standard InChI is InChI=1S/C15H24N2O3/c1-5-6-7-13(15(18)17-19)16-12-8-10(2)14(20-4)11(3)9-12/h8-9,13,16,19H,5-7H2,1-4H3,(H,17,18). The monoisotopic (exact) mass is 280 g/mol. The third-order valence-electron chi connectivity index (χ3n) is 3.28. The van der Waals surface area contributed by atoms with Gasteiger partial charge in [0.05, 0.1) is 7.11 Å². The molecule has 1 aromatic rings. The van der Waals surface area contributed by atoms with Gasteiger partial charge in [-0.2, -0.15) is 0 Å². The second kappa shape index (κ2) is 7.75. The molecule has 0 aliphatic rings. The van der Waals surface area contributed by atoms with E-state index in [1.165, 1.54) is 0 Å². The quantitative estimate of drug-likeness (QED) is 0.530. The highest BCUT2D eigenvalue weighted by Crippen LogP contribution is 2.27. The average molecular weight is 280 g/mol. The van der Waals surface area contributed by atoms with E-state index in [9.17, 15) is 4.79 Å². The van der Waals surface area contributed by atoms with Crippen LogP contribution in [0.3, 0.4) is 0 Å². The first-order valence-corrected chi connectivity index (χ1v) is 6.89. The molecule has 112 valence electrons. The third-order valence-corrected chi connectivity index (χ3v) is 3.28. The minimum absolute atomic E-state index is 0.412. The fourth-order valence-electron chi connectivity index (χ4n) is 2.31. The second-order valence-corrected chi connectivity index (χ2v) is 4.96. The van der Waals surface area contributed by atoms with Gasteiger partial charge in [-0.1, -0.05) is 19.8 Å². The van der Waals surface area contributed by atoms with Gasteiger partial charge >= 0.3 is 0 Å². The second-order valence-electron chi connectivity index (χ2n) is 4.96. The van der Waals surface area contributed by atoms with E-state index in [1.54, 1.807) is 12.6 Å². The summed E-state index contributed by atoms with van der Waals surface area (Å²) < 4.78 is 5.32. The highest BCUT2D eigenvalue weighted by Gasteiger charge is 2.17. The van der Waals surface area contributed by atoms with Gasteiger partial charge in [-0.15, -0.1) is 0 Å². The Kier molecular flexibility index (Phi) is 6.31. The number of amides is 1. The molecule has 1 rings (SSSR count). The van der Waals surface area contributed by atoms with Gasteiger partial charge in [-0.05, 0) is 43.5 Å². The Labute approximate surface area is 120 Å². The molecule has 0 saturated carbocycles. The van der Waals surface area contributed by atoms with Crippen LogP contribution in [0.1, 0.15) is 37.3 Å². The molecule has 1 atom stereocenters. The van der Waals surface area contributed by atoms with Crippen LogP contribution in [-0.4, -0.2) is 24.3 Å². The average Bonchev–Trinajstić information content (AvgIpc) is 2.42. The lowest BCUT2D eigenvalue weighted by molar-refractivity contribution is -0.130. The molecule has 20 heavy (non-hydrogen) atoms. The van der Waals surface area contributed by atoms with Crippen LogP contribution in [0, 0.1) is 13.8 Å². The lowest BCUT2D eigenvalue weighted by atomic mass is 10.1. The Morgan fingerprint density at radius 1 is 1.35 bits per heavy atom. The molecule has 0 fully saturated rings. The summed E-state index contributed by atoms with van der Waals surface area (Å²) in [6.07, 6.45) is 2.59. The van der Waals surface area contributed by atoms with Crippen molar-refractivity contribution in [3.05, 3.63) is 23.3 Å². The first-order valence-electron chi connectivity index (χ1n) is 6.89. The Morgan fingerprint density at radius 2 is 1.95 bits per heavy atom. The van der Waals surface area contributed by atoms with Gasteiger partial charge < -0.3 is 10.1 Å². The fourth-order valence-corrected chi connectivity index (χ4v) is 2.31. The van der Waals surface area contributed by atoms with Crippen LogP contribution in [0.5, 0.6) is 5.75 Å². The molecule has 0 aliphatic heterocycles. The number of hydrogen-bond acceptors (Lipinski definition) is 4. The number of nitrogens with one attached hydrogen (secondary N) is 2. The Hall–Kier alpha value is -1.75. The zero-order chi connectivity index (χ0) is 15.1. The van der Waals surface area contributed by atoms with Crippen molar-refractivity contribution in [2.45, 2.75) is 46.1 Å². The number of anilines is 1. The summed E-state index contributed by atoms with van der Waals surface area (Å²) in [6, 6.07) is 3.44. The minimum atomic E-state index is -0.438. The molecule has 0 spiro atoms. The van der Waals surface area contributed by atoms with E-state index in [4.69, 9.17) is 9.94 Å². The lowest BCUT2D eigenvalue weighted by Gasteiger charge is -2.19. The number of aryl methyl sites for hydroxylation is 2. The summed E-state index contributed by atoms with van der Waals surface area (Å²) in [4.78, 5) is 11.7. The topological polar surface area (TPSA) is 70.6 Å². The zero-order valence-electron chi connectivity index (χ0n) is 12.6. The molecule has 0 aromatic heterocycles. The van der Waals surface area contributed by atoms with Crippen molar-refractivity contribution in [2.75, 3.05) is 12.4 Å². The van der Waals surface area contributed by atoms with Crippen LogP contribution in [0.25, 0.3) is 0 Å². The van der Waals surface area contributed by atoms with E-state index in [0.717, 1.165) is 35.4 Å². The van der Waals surface area contributed by atoms with Gasteiger partial charge in [0.15, 0.2) is 0 Å². The molecule has 0 radical (unpaired) electrons. The van der Waals surface area contributed by atoms with Crippen molar-refractivity contribution < 1.29 is 14.7 Å². The smallest absolute Gasteiger partial charge is 0.265 e. The summed E-state index contributed by atoms with van der Waals surface area (Å²) in [6.45, 7) is 5.99. The van der Waals surface area contributed by atoms with Crippen LogP contribution in [0.15, 0.2) is 12.1 Å². The van der Waals surface area contributed by atoms with Gasteiger partial charge in [0.25, 0.3) is 5.91 Å². The highest BCUT2D eigenvalue weighted by atomic mass is 16.5. The Morgan fingerprint density at radius 3 is 2.40 bits per heavy atom. The van der Waals surface area contributed by atoms with E-state index in [-0.39, 0.29) is 0 Å². The largest absolute Gasteiger partial charge is 0.496 e. The van der Waals surface area contributed by atoms with E-state index in [0.29, 0.717) is 6.42 Å². The maximum Gasteiger partial charge on any atom is 0.265 e. The predicted molar refractivity (Wildman–Crippen MR) is 79.3 cm³/mol. The summed E-state index contributed by atoms with van der Waals surface area (Å²) in [7, 11) is 1.64. The van der Waals surface area contributed by atoms with Gasteiger partial charge in [0.1, 0.15) is 11.8 Å². The van der Waals surface area contributed by atoms with Crippen molar-refractivity contribution in [1.82, 2.24) is 5.48 Å². The van der Waals surface area contributed by atoms with Crippen LogP contribution in [0.4, 0.5) is 5.69 Å². The van der Waals surface area contributed by atoms with Crippen LogP contribution in [0.2, 0.25) is 0 Å². The molecular formula is C15H24N2O3. The number of ether oxygens (including phenoxy) is 1. The fraction of sp³-hybridized carbons (Fsp3) is 0.533. The zero-order valence-corrected chi connectivity index (χ0v) is 12.6. The van der Waals surface area contributed by atoms with Crippen molar-refractivity contribution in [3.63, 3.8) is 0 Å². The molecule has 0 heterocycles. The molecule has 1 aromatic carbocycles. The summed E-state index contributed by atoms with van der Waals surface area (Å²) >= 11 is 0. The Bertz CT molecular complexity index is 437. The number of methoxy groups -OCH3 is 1. The number of hydroxylamine groups is 1. The Balaban J connectivity index is 2.90. The van der Waals surface area contributed by atoms with E-state index >= 15 is 0 Å². The molecule has 5 nitrogen and oxygen atoms in total. The van der Waals surface area contributed by atoms with Crippen molar-refractivity contribution >= 4 is 11.6 Å².